The van der Waals surface area contributed by atoms with E-state index in [1.165, 1.54) is 24.3 Å². The Labute approximate surface area is 170 Å². The molecule has 29 heavy (non-hydrogen) atoms. The van der Waals surface area contributed by atoms with Gasteiger partial charge < -0.3 is 15.6 Å². The smallest absolute Gasteiger partial charge is 0.267 e. The lowest BCUT2D eigenvalue weighted by Crippen LogP contribution is -2.22. The number of carbonyl (C=O) groups is 1. The molecule has 0 fully saturated rings. The first kappa shape index (κ1) is 19.0. The molecule has 0 aliphatic heterocycles. The summed E-state index contributed by atoms with van der Waals surface area (Å²) in [4.78, 5) is 15.3. The van der Waals surface area contributed by atoms with Crippen molar-refractivity contribution in [3.63, 3.8) is 0 Å². The number of halogens is 3. The summed E-state index contributed by atoms with van der Waals surface area (Å²) >= 11 is 5.82. The van der Waals surface area contributed by atoms with Crippen LogP contribution in [0.1, 0.15) is 16.1 Å². The van der Waals surface area contributed by atoms with E-state index in [2.05, 4.69) is 15.6 Å². The fourth-order valence-corrected chi connectivity index (χ4v) is 3.20. The van der Waals surface area contributed by atoms with Crippen molar-refractivity contribution in [2.75, 3.05) is 5.32 Å². The lowest BCUT2D eigenvalue weighted by Gasteiger charge is -2.09. The van der Waals surface area contributed by atoms with Crippen molar-refractivity contribution in [2.24, 2.45) is 0 Å². The molecule has 1 amide bonds. The van der Waals surface area contributed by atoms with E-state index in [1.807, 2.05) is 30.3 Å². The minimum Gasteiger partial charge on any atom is -0.355 e. The van der Waals surface area contributed by atoms with Gasteiger partial charge in [0.15, 0.2) is 0 Å². The first-order chi connectivity index (χ1) is 14.0. The zero-order valence-electron chi connectivity index (χ0n) is 15.1. The Balaban J connectivity index is 1.60. The summed E-state index contributed by atoms with van der Waals surface area (Å²) in [6.07, 6.45) is 0. The third-order valence-electron chi connectivity index (χ3n) is 4.48. The molecule has 0 aliphatic rings. The molecule has 1 aromatic heterocycles. The van der Waals surface area contributed by atoms with Gasteiger partial charge in [-0.05, 0) is 42.0 Å². The van der Waals surface area contributed by atoms with Gasteiger partial charge in [0.25, 0.3) is 5.91 Å². The monoisotopic (exact) mass is 411 g/mol. The van der Waals surface area contributed by atoms with E-state index in [4.69, 9.17) is 11.6 Å². The number of amides is 1. The second-order valence-corrected chi connectivity index (χ2v) is 6.90. The highest BCUT2D eigenvalue weighted by Crippen LogP contribution is 2.30. The highest BCUT2D eigenvalue weighted by molar-refractivity contribution is 6.31. The van der Waals surface area contributed by atoms with Gasteiger partial charge in [-0.15, -0.1) is 0 Å². The van der Waals surface area contributed by atoms with Crippen LogP contribution >= 0.6 is 11.6 Å². The van der Waals surface area contributed by atoms with Crippen LogP contribution < -0.4 is 10.6 Å². The number of fused-ring (bicyclic) bond motifs is 1. The predicted octanol–water partition coefficient (Wildman–Crippen LogP) is 5.77. The Morgan fingerprint density at radius 1 is 0.966 bits per heavy atom. The summed E-state index contributed by atoms with van der Waals surface area (Å²) in [6, 6.07) is 18.1. The van der Waals surface area contributed by atoms with Crippen LogP contribution in [0.5, 0.6) is 0 Å². The minimum atomic E-state index is -0.527. The van der Waals surface area contributed by atoms with Gasteiger partial charge in [-0.1, -0.05) is 41.9 Å². The topological polar surface area (TPSA) is 56.9 Å². The van der Waals surface area contributed by atoms with Crippen LogP contribution in [-0.4, -0.2) is 10.9 Å². The van der Waals surface area contributed by atoms with E-state index in [1.54, 1.807) is 12.1 Å². The van der Waals surface area contributed by atoms with Crippen molar-refractivity contribution >= 4 is 39.8 Å². The van der Waals surface area contributed by atoms with Gasteiger partial charge in [-0.25, -0.2) is 8.78 Å². The quantitative estimate of drug-likeness (QED) is 0.390. The SMILES string of the molecule is O=C(NCc1ccccc1)c1cc2c(Nc3ccc(F)c(Cl)c3)ccc(F)c2[nH]1. The molecule has 0 aliphatic carbocycles. The number of aromatic nitrogens is 1. The molecule has 4 nitrogen and oxygen atoms in total. The third kappa shape index (κ3) is 4.07. The van der Waals surface area contributed by atoms with E-state index in [9.17, 15) is 13.6 Å². The Bertz CT molecular complexity index is 1190. The number of aromatic amines is 1. The Morgan fingerprint density at radius 3 is 2.48 bits per heavy atom. The van der Waals surface area contributed by atoms with Crippen LogP contribution in [0.4, 0.5) is 20.2 Å². The van der Waals surface area contributed by atoms with Crippen LogP contribution in [0.15, 0.2) is 66.7 Å². The van der Waals surface area contributed by atoms with Crippen molar-refractivity contribution < 1.29 is 13.6 Å². The number of hydrogen-bond donors (Lipinski definition) is 3. The van der Waals surface area contributed by atoms with Crippen molar-refractivity contribution in [2.45, 2.75) is 6.54 Å². The second-order valence-electron chi connectivity index (χ2n) is 6.49. The summed E-state index contributed by atoms with van der Waals surface area (Å²) < 4.78 is 27.7. The van der Waals surface area contributed by atoms with Crippen molar-refractivity contribution in [1.29, 1.82) is 0 Å². The molecular weight excluding hydrogens is 396 g/mol. The number of H-pyrrole nitrogens is 1. The highest BCUT2D eigenvalue weighted by atomic mass is 35.5. The lowest BCUT2D eigenvalue weighted by molar-refractivity contribution is 0.0946. The molecule has 0 saturated heterocycles. The Kier molecular flexibility index (Phi) is 5.18. The number of carbonyl (C=O) groups excluding carboxylic acids is 1. The van der Waals surface area contributed by atoms with E-state index < -0.39 is 11.6 Å². The van der Waals surface area contributed by atoms with Crippen molar-refractivity contribution in [3.8, 4) is 0 Å². The molecule has 0 radical (unpaired) electrons. The van der Waals surface area contributed by atoms with Crippen molar-refractivity contribution in [3.05, 3.63) is 94.6 Å². The molecule has 3 aromatic carbocycles. The lowest BCUT2D eigenvalue weighted by atomic mass is 10.2. The van der Waals surface area contributed by atoms with E-state index >= 15 is 0 Å². The predicted molar refractivity (Wildman–Crippen MR) is 111 cm³/mol. The molecule has 0 spiro atoms. The van der Waals surface area contributed by atoms with Gasteiger partial charge in [-0.2, -0.15) is 0 Å². The number of anilines is 2. The van der Waals surface area contributed by atoms with E-state index in [0.717, 1.165) is 5.56 Å². The fraction of sp³-hybridized carbons (Fsp3) is 0.0455. The van der Waals surface area contributed by atoms with E-state index in [-0.39, 0.29) is 22.1 Å². The summed E-state index contributed by atoms with van der Waals surface area (Å²) in [5.41, 5.74) is 2.50. The second kappa shape index (κ2) is 7.93. The molecule has 4 rings (SSSR count). The zero-order chi connectivity index (χ0) is 20.4. The summed E-state index contributed by atoms with van der Waals surface area (Å²) in [5, 5.41) is 6.36. The molecule has 146 valence electrons. The van der Waals surface area contributed by atoms with Crippen LogP contribution in [0.3, 0.4) is 0 Å². The largest absolute Gasteiger partial charge is 0.355 e. The maximum atomic E-state index is 14.3. The first-order valence-corrected chi connectivity index (χ1v) is 9.24. The summed E-state index contributed by atoms with van der Waals surface area (Å²) in [6.45, 7) is 0.358. The highest BCUT2D eigenvalue weighted by Gasteiger charge is 2.15. The molecular formula is C22H16ClF2N3O. The average Bonchev–Trinajstić information content (AvgIpc) is 3.18. The number of hydrogen-bond acceptors (Lipinski definition) is 2. The Hall–Kier alpha value is -3.38. The average molecular weight is 412 g/mol. The van der Waals surface area contributed by atoms with Gasteiger partial charge >= 0.3 is 0 Å². The normalized spacial score (nSPS) is 10.9. The number of nitrogens with one attached hydrogen (secondary N) is 3. The fourth-order valence-electron chi connectivity index (χ4n) is 3.02. The van der Waals surface area contributed by atoms with Gasteiger partial charge in [0, 0.05) is 23.3 Å². The molecule has 7 heteroatoms. The van der Waals surface area contributed by atoms with Crippen molar-refractivity contribution in [1.82, 2.24) is 10.3 Å². The molecule has 4 aromatic rings. The molecule has 1 heterocycles. The zero-order valence-corrected chi connectivity index (χ0v) is 15.9. The first-order valence-electron chi connectivity index (χ1n) is 8.86. The molecule has 0 saturated carbocycles. The standard InChI is InChI=1S/C22H16ClF2N3O/c23-16-10-14(6-7-17(16)24)27-19-9-8-18(25)21-15(19)11-20(28-21)22(29)26-12-13-4-2-1-3-5-13/h1-11,27-28H,12H2,(H,26,29). The summed E-state index contributed by atoms with van der Waals surface area (Å²) in [7, 11) is 0. The van der Waals surface area contributed by atoms with Crippen LogP contribution in [0, 0.1) is 11.6 Å². The third-order valence-corrected chi connectivity index (χ3v) is 4.77. The van der Waals surface area contributed by atoms with Gasteiger partial charge in [0.1, 0.15) is 17.3 Å². The van der Waals surface area contributed by atoms with Gasteiger partial charge in [0.2, 0.25) is 0 Å². The minimum absolute atomic E-state index is 0.0246. The number of rotatable bonds is 5. The Morgan fingerprint density at radius 2 is 1.72 bits per heavy atom. The molecule has 3 N–H and O–H groups in total. The molecule has 0 bridgehead atoms. The van der Waals surface area contributed by atoms with Crippen LogP contribution in [-0.2, 0) is 6.54 Å². The van der Waals surface area contributed by atoms with Crippen LogP contribution in [0.2, 0.25) is 5.02 Å². The molecule has 0 unspecified atom stereocenters. The number of benzene rings is 3. The maximum absolute atomic E-state index is 14.3. The van der Waals surface area contributed by atoms with Gasteiger partial charge in [-0.3, -0.25) is 4.79 Å². The van der Waals surface area contributed by atoms with Crippen LogP contribution in [0.25, 0.3) is 10.9 Å². The van der Waals surface area contributed by atoms with Gasteiger partial charge in [0.05, 0.1) is 10.5 Å². The maximum Gasteiger partial charge on any atom is 0.267 e. The van der Waals surface area contributed by atoms with E-state index in [0.29, 0.717) is 23.3 Å². The molecule has 0 atom stereocenters. The summed E-state index contributed by atoms with van der Waals surface area (Å²) in [5.74, 6) is -1.36.